The molecular weight excluding hydrogens is 455 g/mol. The number of amides is 2. The summed E-state index contributed by atoms with van der Waals surface area (Å²) in [6.45, 7) is 1.49. The van der Waals surface area contributed by atoms with Gasteiger partial charge in [-0.05, 0) is 67.6 Å². The number of carbonyl (C=O) groups is 3. The maximum atomic E-state index is 12.5. The summed E-state index contributed by atoms with van der Waals surface area (Å²) in [5.74, 6) is -0.369. The smallest absolute Gasteiger partial charge is 0.257 e. The first kappa shape index (κ1) is 22.9. The summed E-state index contributed by atoms with van der Waals surface area (Å²) < 4.78 is 0. The van der Waals surface area contributed by atoms with Crippen LogP contribution >= 0.6 is 35.0 Å². The molecule has 0 atom stereocenters. The van der Waals surface area contributed by atoms with Crippen molar-refractivity contribution in [3.8, 4) is 0 Å². The second-order valence-electron chi connectivity index (χ2n) is 6.58. The monoisotopic (exact) mass is 472 g/mol. The summed E-state index contributed by atoms with van der Waals surface area (Å²) in [6, 6.07) is 18.6. The Kier molecular flexibility index (Phi) is 7.74. The predicted octanol–water partition coefficient (Wildman–Crippen LogP) is 6.18. The summed E-state index contributed by atoms with van der Waals surface area (Å²) in [5, 5.41) is 6.30. The zero-order valence-corrected chi connectivity index (χ0v) is 18.8. The fraction of sp³-hybridized carbons (Fsp3) is 0.0870. The quantitative estimate of drug-likeness (QED) is 0.318. The number of Topliss-reactive ketones (excluding diaryl/α,β-unsaturated/α-hetero) is 1. The zero-order valence-electron chi connectivity index (χ0n) is 16.4. The molecule has 3 aromatic rings. The summed E-state index contributed by atoms with van der Waals surface area (Å²) in [7, 11) is 0. The van der Waals surface area contributed by atoms with Crippen molar-refractivity contribution in [2.45, 2.75) is 11.8 Å². The number of anilines is 2. The lowest BCUT2D eigenvalue weighted by molar-refractivity contribution is -0.113. The van der Waals surface area contributed by atoms with E-state index in [1.54, 1.807) is 54.6 Å². The van der Waals surface area contributed by atoms with Gasteiger partial charge < -0.3 is 10.6 Å². The van der Waals surface area contributed by atoms with Crippen LogP contribution in [-0.4, -0.2) is 23.4 Å². The van der Waals surface area contributed by atoms with E-state index in [-0.39, 0.29) is 28.4 Å². The molecule has 5 nitrogen and oxygen atoms in total. The molecule has 0 saturated heterocycles. The maximum absolute atomic E-state index is 12.5. The third-order valence-electron chi connectivity index (χ3n) is 4.21. The third-order valence-corrected chi connectivity index (χ3v) is 5.75. The largest absolute Gasteiger partial charge is 0.325 e. The van der Waals surface area contributed by atoms with Crippen LogP contribution in [0.15, 0.2) is 71.6 Å². The molecule has 0 aliphatic carbocycles. The van der Waals surface area contributed by atoms with Crippen molar-refractivity contribution in [2.75, 3.05) is 16.4 Å². The van der Waals surface area contributed by atoms with Gasteiger partial charge in [0.1, 0.15) is 0 Å². The normalized spacial score (nSPS) is 10.4. The molecule has 3 rings (SSSR count). The van der Waals surface area contributed by atoms with Crippen LogP contribution in [-0.2, 0) is 4.79 Å². The van der Waals surface area contributed by atoms with Crippen LogP contribution in [0.25, 0.3) is 0 Å². The average molecular weight is 473 g/mol. The number of carbonyl (C=O) groups excluding carboxylic acids is 3. The summed E-state index contributed by atoms with van der Waals surface area (Å²) in [6.07, 6.45) is 0. The van der Waals surface area contributed by atoms with Crippen molar-refractivity contribution in [2.24, 2.45) is 0 Å². The SMILES string of the molecule is CC(=O)c1ccc(NC(=O)CSc2cccc(NC(=O)c3ccc(Cl)cc3Cl)c2)cc1. The van der Waals surface area contributed by atoms with Gasteiger partial charge in [0.2, 0.25) is 5.91 Å². The van der Waals surface area contributed by atoms with Gasteiger partial charge in [0.25, 0.3) is 5.91 Å². The van der Waals surface area contributed by atoms with E-state index in [4.69, 9.17) is 23.2 Å². The van der Waals surface area contributed by atoms with Crippen LogP contribution in [0.4, 0.5) is 11.4 Å². The lowest BCUT2D eigenvalue weighted by atomic mass is 10.1. The third kappa shape index (κ3) is 6.59. The molecule has 0 bridgehead atoms. The Morgan fingerprint density at radius 2 is 1.61 bits per heavy atom. The highest BCUT2D eigenvalue weighted by atomic mass is 35.5. The van der Waals surface area contributed by atoms with Crippen LogP contribution in [0.5, 0.6) is 0 Å². The van der Waals surface area contributed by atoms with Gasteiger partial charge in [-0.15, -0.1) is 11.8 Å². The van der Waals surface area contributed by atoms with Crippen molar-refractivity contribution < 1.29 is 14.4 Å². The van der Waals surface area contributed by atoms with E-state index in [1.165, 1.54) is 24.8 Å². The Hall–Kier alpha value is -2.80. The highest BCUT2D eigenvalue weighted by Gasteiger charge is 2.12. The van der Waals surface area contributed by atoms with Gasteiger partial charge in [-0.2, -0.15) is 0 Å². The average Bonchev–Trinajstić information content (AvgIpc) is 2.73. The molecule has 0 aliphatic heterocycles. The van der Waals surface area contributed by atoms with E-state index >= 15 is 0 Å². The summed E-state index contributed by atoms with van der Waals surface area (Å²) in [5.41, 5.74) is 2.11. The molecule has 158 valence electrons. The van der Waals surface area contributed by atoms with Crippen molar-refractivity contribution in [3.63, 3.8) is 0 Å². The van der Waals surface area contributed by atoms with Crippen molar-refractivity contribution in [1.29, 1.82) is 0 Å². The molecule has 31 heavy (non-hydrogen) atoms. The summed E-state index contributed by atoms with van der Waals surface area (Å²) in [4.78, 5) is 36.8. The van der Waals surface area contributed by atoms with E-state index in [9.17, 15) is 14.4 Å². The standard InChI is InChI=1S/C23H18Cl2N2O3S/c1-14(28)15-5-8-17(9-6-15)26-22(29)13-31-19-4-2-3-18(12-19)27-23(30)20-10-7-16(24)11-21(20)25/h2-12H,13H2,1H3,(H,26,29)(H,27,30). The number of hydrogen-bond acceptors (Lipinski definition) is 4. The fourth-order valence-corrected chi connectivity index (χ4v) is 3.92. The van der Waals surface area contributed by atoms with Gasteiger partial charge in [0, 0.05) is 26.9 Å². The van der Waals surface area contributed by atoms with Gasteiger partial charge in [-0.3, -0.25) is 14.4 Å². The second kappa shape index (κ2) is 10.5. The lowest BCUT2D eigenvalue weighted by Gasteiger charge is -2.09. The molecular formula is C23H18Cl2N2O3S. The molecule has 0 heterocycles. The second-order valence-corrected chi connectivity index (χ2v) is 8.47. The fourth-order valence-electron chi connectivity index (χ4n) is 2.67. The molecule has 0 saturated carbocycles. The first-order chi connectivity index (χ1) is 14.8. The summed E-state index contributed by atoms with van der Waals surface area (Å²) >= 11 is 13.3. The zero-order chi connectivity index (χ0) is 22.4. The predicted molar refractivity (Wildman–Crippen MR) is 127 cm³/mol. The van der Waals surface area contributed by atoms with Crippen LogP contribution in [0.3, 0.4) is 0 Å². The number of rotatable bonds is 7. The van der Waals surface area contributed by atoms with Crippen LogP contribution in [0.1, 0.15) is 27.6 Å². The minimum Gasteiger partial charge on any atom is -0.325 e. The molecule has 2 N–H and O–H groups in total. The molecule has 3 aromatic carbocycles. The highest BCUT2D eigenvalue weighted by molar-refractivity contribution is 8.00. The molecule has 0 unspecified atom stereocenters. The van der Waals surface area contributed by atoms with Crippen LogP contribution in [0, 0.1) is 0 Å². The Labute approximate surface area is 194 Å². The molecule has 0 radical (unpaired) electrons. The minimum atomic E-state index is -0.351. The van der Waals surface area contributed by atoms with Gasteiger partial charge in [-0.1, -0.05) is 29.3 Å². The van der Waals surface area contributed by atoms with E-state index in [2.05, 4.69) is 10.6 Å². The van der Waals surface area contributed by atoms with Gasteiger partial charge in [-0.25, -0.2) is 0 Å². The van der Waals surface area contributed by atoms with E-state index < -0.39 is 0 Å². The number of ketones is 1. The highest BCUT2D eigenvalue weighted by Crippen LogP contribution is 2.25. The Morgan fingerprint density at radius 1 is 0.871 bits per heavy atom. The minimum absolute atomic E-state index is 0.0289. The van der Waals surface area contributed by atoms with Crippen molar-refractivity contribution in [1.82, 2.24) is 0 Å². The number of nitrogens with one attached hydrogen (secondary N) is 2. The molecule has 0 aromatic heterocycles. The molecule has 2 amide bonds. The Balaban J connectivity index is 1.57. The maximum Gasteiger partial charge on any atom is 0.257 e. The van der Waals surface area contributed by atoms with Gasteiger partial charge in [0.15, 0.2) is 5.78 Å². The van der Waals surface area contributed by atoms with Crippen LogP contribution < -0.4 is 10.6 Å². The van der Waals surface area contributed by atoms with Gasteiger partial charge >= 0.3 is 0 Å². The number of benzene rings is 3. The first-order valence-electron chi connectivity index (χ1n) is 9.22. The van der Waals surface area contributed by atoms with Crippen LogP contribution in [0.2, 0.25) is 10.0 Å². The molecule has 0 spiro atoms. The number of halogens is 2. The number of thioether (sulfide) groups is 1. The lowest BCUT2D eigenvalue weighted by Crippen LogP contribution is -2.14. The van der Waals surface area contributed by atoms with E-state index in [1.807, 2.05) is 6.07 Å². The number of hydrogen-bond donors (Lipinski definition) is 2. The van der Waals surface area contributed by atoms with Crippen molar-refractivity contribution >= 4 is 63.9 Å². The molecule has 0 fully saturated rings. The van der Waals surface area contributed by atoms with E-state index in [0.717, 1.165) is 4.90 Å². The van der Waals surface area contributed by atoms with E-state index in [0.29, 0.717) is 27.5 Å². The molecule has 8 heteroatoms. The van der Waals surface area contributed by atoms with Gasteiger partial charge in [0.05, 0.1) is 16.3 Å². The van der Waals surface area contributed by atoms with Crippen molar-refractivity contribution in [3.05, 3.63) is 87.9 Å². The Bertz CT molecular complexity index is 1130. The first-order valence-corrected chi connectivity index (χ1v) is 11.0. The topological polar surface area (TPSA) is 75.3 Å². The Morgan fingerprint density at radius 3 is 2.29 bits per heavy atom. The molecule has 0 aliphatic rings.